The molecule has 0 saturated carbocycles. The van der Waals surface area contributed by atoms with Gasteiger partial charge < -0.3 is 5.11 Å². The van der Waals surface area contributed by atoms with Crippen LogP contribution in [0.1, 0.15) is 18.1 Å². The van der Waals surface area contributed by atoms with Gasteiger partial charge in [0.1, 0.15) is 0 Å². The topological polar surface area (TPSA) is 20.2 Å². The van der Waals surface area contributed by atoms with Crippen molar-refractivity contribution in [2.24, 2.45) is 0 Å². The highest BCUT2D eigenvalue weighted by Crippen LogP contribution is 2.21. The summed E-state index contributed by atoms with van der Waals surface area (Å²) in [6, 6.07) is 16.6. The molecule has 1 nitrogen and oxygen atoms in total. The molecule has 0 saturated heterocycles. The molecule has 0 unspecified atom stereocenters. The maximum Gasteiger partial charge on any atom is 0.0681 e. The van der Waals surface area contributed by atoms with E-state index in [1.165, 1.54) is 16.7 Å². The zero-order chi connectivity index (χ0) is 11.4. The Morgan fingerprint density at radius 1 is 0.875 bits per heavy atom. The Kier molecular flexibility index (Phi) is 3.37. The fourth-order valence-electron chi connectivity index (χ4n) is 1.77. The SMILES string of the molecule is CCc1cccc(-c2ccc(CO)cc2)c1. The summed E-state index contributed by atoms with van der Waals surface area (Å²) in [6.07, 6.45) is 1.06. The van der Waals surface area contributed by atoms with Crippen LogP contribution in [0.4, 0.5) is 0 Å². The third kappa shape index (κ3) is 2.31. The van der Waals surface area contributed by atoms with E-state index in [1.54, 1.807) is 0 Å². The van der Waals surface area contributed by atoms with Gasteiger partial charge in [0.25, 0.3) is 0 Å². The molecule has 0 atom stereocenters. The largest absolute Gasteiger partial charge is 0.392 e. The molecule has 0 amide bonds. The third-order valence-electron chi connectivity index (χ3n) is 2.81. The summed E-state index contributed by atoms with van der Waals surface area (Å²) in [4.78, 5) is 0. The fourth-order valence-corrected chi connectivity index (χ4v) is 1.77. The molecule has 0 fully saturated rings. The first kappa shape index (κ1) is 10.9. The number of hydrogen-bond donors (Lipinski definition) is 1. The predicted molar refractivity (Wildman–Crippen MR) is 67.2 cm³/mol. The molecule has 0 aromatic heterocycles. The normalized spacial score (nSPS) is 10.4. The molecule has 0 heterocycles. The van der Waals surface area contributed by atoms with Gasteiger partial charge in [-0.25, -0.2) is 0 Å². The predicted octanol–water partition coefficient (Wildman–Crippen LogP) is 3.41. The average Bonchev–Trinajstić information content (AvgIpc) is 2.39. The van der Waals surface area contributed by atoms with Gasteiger partial charge in [-0.2, -0.15) is 0 Å². The Hall–Kier alpha value is -1.60. The summed E-state index contributed by atoms with van der Waals surface area (Å²) in [5.74, 6) is 0. The Bertz CT molecular complexity index is 457. The van der Waals surface area contributed by atoms with Crippen molar-refractivity contribution in [2.45, 2.75) is 20.0 Å². The Morgan fingerprint density at radius 2 is 1.62 bits per heavy atom. The average molecular weight is 212 g/mol. The Morgan fingerprint density at radius 3 is 2.25 bits per heavy atom. The highest BCUT2D eigenvalue weighted by molar-refractivity contribution is 5.64. The standard InChI is InChI=1S/C15H16O/c1-2-12-4-3-5-15(10-12)14-8-6-13(11-16)7-9-14/h3-10,16H,2,11H2,1H3. The summed E-state index contributed by atoms with van der Waals surface area (Å²) in [7, 11) is 0. The Balaban J connectivity index is 2.34. The number of aliphatic hydroxyl groups is 1. The maximum absolute atomic E-state index is 8.98. The van der Waals surface area contributed by atoms with Gasteiger partial charge in [-0.1, -0.05) is 55.5 Å². The number of aryl methyl sites for hydroxylation is 1. The molecule has 0 bridgehead atoms. The van der Waals surface area contributed by atoms with E-state index in [9.17, 15) is 0 Å². The van der Waals surface area contributed by atoms with Gasteiger partial charge in [0.15, 0.2) is 0 Å². The Labute approximate surface area is 96.4 Å². The number of hydrogen-bond acceptors (Lipinski definition) is 1. The zero-order valence-electron chi connectivity index (χ0n) is 9.48. The van der Waals surface area contributed by atoms with Crippen LogP contribution in [0.15, 0.2) is 48.5 Å². The second-order valence-electron chi connectivity index (χ2n) is 3.91. The highest BCUT2D eigenvalue weighted by Gasteiger charge is 1.98. The van der Waals surface area contributed by atoms with Gasteiger partial charge in [0, 0.05) is 0 Å². The molecule has 1 N–H and O–H groups in total. The van der Waals surface area contributed by atoms with Crippen molar-refractivity contribution >= 4 is 0 Å². The molecule has 2 rings (SSSR count). The molecule has 0 radical (unpaired) electrons. The van der Waals surface area contributed by atoms with Crippen LogP contribution in [0.5, 0.6) is 0 Å². The van der Waals surface area contributed by atoms with Gasteiger partial charge in [-0.05, 0) is 28.7 Å². The van der Waals surface area contributed by atoms with E-state index in [0.717, 1.165) is 12.0 Å². The lowest BCUT2D eigenvalue weighted by Gasteiger charge is -2.05. The lowest BCUT2D eigenvalue weighted by molar-refractivity contribution is 0.282. The van der Waals surface area contributed by atoms with Crippen molar-refractivity contribution in [2.75, 3.05) is 0 Å². The van der Waals surface area contributed by atoms with Crippen molar-refractivity contribution in [3.8, 4) is 11.1 Å². The number of aliphatic hydroxyl groups excluding tert-OH is 1. The van der Waals surface area contributed by atoms with E-state index in [-0.39, 0.29) is 6.61 Å². The minimum atomic E-state index is 0.106. The zero-order valence-corrected chi connectivity index (χ0v) is 9.48. The fraction of sp³-hybridized carbons (Fsp3) is 0.200. The van der Waals surface area contributed by atoms with Gasteiger partial charge in [0.05, 0.1) is 6.61 Å². The van der Waals surface area contributed by atoms with E-state index in [2.05, 4.69) is 43.3 Å². The van der Waals surface area contributed by atoms with Gasteiger partial charge >= 0.3 is 0 Å². The van der Waals surface area contributed by atoms with Crippen molar-refractivity contribution in [1.82, 2.24) is 0 Å². The molecule has 1 heteroatoms. The van der Waals surface area contributed by atoms with E-state index >= 15 is 0 Å². The minimum absolute atomic E-state index is 0.106. The first-order chi connectivity index (χ1) is 7.83. The smallest absolute Gasteiger partial charge is 0.0681 e. The molecule has 2 aromatic rings. The molecule has 82 valence electrons. The molecular weight excluding hydrogens is 196 g/mol. The maximum atomic E-state index is 8.98. The molecule has 0 aliphatic rings. The van der Waals surface area contributed by atoms with Crippen LogP contribution in [0, 0.1) is 0 Å². The van der Waals surface area contributed by atoms with Gasteiger partial charge in [-0.15, -0.1) is 0 Å². The molecule has 0 spiro atoms. The van der Waals surface area contributed by atoms with Gasteiger partial charge in [-0.3, -0.25) is 0 Å². The lowest BCUT2D eigenvalue weighted by Crippen LogP contribution is -1.85. The van der Waals surface area contributed by atoms with Crippen molar-refractivity contribution < 1.29 is 5.11 Å². The third-order valence-corrected chi connectivity index (χ3v) is 2.81. The summed E-state index contributed by atoms with van der Waals surface area (Å²) < 4.78 is 0. The van der Waals surface area contributed by atoms with Crippen LogP contribution in [-0.2, 0) is 13.0 Å². The van der Waals surface area contributed by atoms with Crippen molar-refractivity contribution in [3.63, 3.8) is 0 Å². The van der Waals surface area contributed by atoms with E-state index < -0.39 is 0 Å². The summed E-state index contributed by atoms with van der Waals surface area (Å²) in [5.41, 5.74) is 4.75. The van der Waals surface area contributed by atoms with Crippen LogP contribution >= 0.6 is 0 Å². The molecule has 16 heavy (non-hydrogen) atoms. The quantitative estimate of drug-likeness (QED) is 0.826. The molecule has 0 aliphatic carbocycles. The first-order valence-corrected chi connectivity index (χ1v) is 5.62. The van der Waals surface area contributed by atoms with Crippen molar-refractivity contribution in [1.29, 1.82) is 0 Å². The summed E-state index contributed by atoms with van der Waals surface area (Å²) in [5, 5.41) is 8.98. The second-order valence-corrected chi connectivity index (χ2v) is 3.91. The van der Waals surface area contributed by atoms with Crippen LogP contribution < -0.4 is 0 Å². The minimum Gasteiger partial charge on any atom is -0.392 e. The monoisotopic (exact) mass is 212 g/mol. The number of benzene rings is 2. The van der Waals surface area contributed by atoms with Crippen LogP contribution in [0.25, 0.3) is 11.1 Å². The van der Waals surface area contributed by atoms with E-state index in [0.29, 0.717) is 0 Å². The first-order valence-electron chi connectivity index (χ1n) is 5.62. The van der Waals surface area contributed by atoms with Crippen LogP contribution in [-0.4, -0.2) is 5.11 Å². The molecule has 2 aromatic carbocycles. The van der Waals surface area contributed by atoms with Gasteiger partial charge in [0.2, 0.25) is 0 Å². The highest BCUT2D eigenvalue weighted by atomic mass is 16.3. The molecular formula is C15H16O. The van der Waals surface area contributed by atoms with E-state index in [1.807, 2.05) is 12.1 Å². The van der Waals surface area contributed by atoms with E-state index in [4.69, 9.17) is 5.11 Å². The number of rotatable bonds is 3. The summed E-state index contributed by atoms with van der Waals surface area (Å²) in [6.45, 7) is 2.27. The van der Waals surface area contributed by atoms with Crippen LogP contribution in [0.2, 0.25) is 0 Å². The second kappa shape index (κ2) is 4.95. The summed E-state index contributed by atoms with van der Waals surface area (Å²) >= 11 is 0. The molecule has 0 aliphatic heterocycles. The van der Waals surface area contributed by atoms with Crippen LogP contribution in [0.3, 0.4) is 0 Å². The lowest BCUT2D eigenvalue weighted by atomic mass is 10.0. The van der Waals surface area contributed by atoms with Crippen molar-refractivity contribution in [3.05, 3.63) is 59.7 Å².